The van der Waals surface area contributed by atoms with Crippen LogP contribution in [0.5, 0.6) is 5.75 Å². The molecule has 2 atom stereocenters. The highest BCUT2D eigenvalue weighted by atomic mass is 16.6. The number of nitriles is 1. The molecule has 1 saturated heterocycles. The first-order valence-corrected chi connectivity index (χ1v) is 10.5. The lowest BCUT2D eigenvalue weighted by atomic mass is 10.0. The summed E-state index contributed by atoms with van der Waals surface area (Å²) in [5.74, 6) is 0.163. The van der Waals surface area contributed by atoms with E-state index in [4.69, 9.17) is 9.47 Å². The predicted molar refractivity (Wildman–Crippen MR) is 119 cm³/mol. The summed E-state index contributed by atoms with van der Waals surface area (Å²) in [7, 11) is 1.53. The van der Waals surface area contributed by atoms with Gasteiger partial charge in [-0.15, -0.1) is 0 Å². The maximum atomic E-state index is 12.9. The van der Waals surface area contributed by atoms with Gasteiger partial charge in [0.25, 0.3) is 5.91 Å². The number of rotatable bonds is 4. The van der Waals surface area contributed by atoms with Gasteiger partial charge in [-0.3, -0.25) is 4.79 Å². The molecule has 0 aliphatic carbocycles. The first-order valence-electron chi connectivity index (χ1n) is 10.5. The number of amides is 2. The minimum Gasteiger partial charge on any atom is -0.494 e. The smallest absolute Gasteiger partial charge is 0.410 e. The molecule has 0 saturated carbocycles. The molecule has 2 amide bonds. The quantitative estimate of drug-likeness (QED) is 0.783. The molecule has 1 aromatic carbocycles. The highest BCUT2D eigenvalue weighted by Crippen LogP contribution is 2.30. The van der Waals surface area contributed by atoms with Crippen molar-refractivity contribution in [3.63, 3.8) is 0 Å². The second-order valence-corrected chi connectivity index (χ2v) is 8.85. The van der Waals surface area contributed by atoms with E-state index in [2.05, 4.69) is 16.4 Å². The molecule has 2 heterocycles. The normalized spacial score (nSPS) is 18.1. The van der Waals surface area contributed by atoms with E-state index in [1.165, 1.54) is 13.3 Å². The molecule has 1 N–H and O–H groups in total. The second kappa shape index (κ2) is 9.27. The molecule has 3 rings (SSSR count). The first-order chi connectivity index (χ1) is 15.1. The summed E-state index contributed by atoms with van der Waals surface area (Å²) in [6.07, 6.45) is 1.73. The maximum Gasteiger partial charge on any atom is 0.410 e. The van der Waals surface area contributed by atoms with Gasteiger partial charge in [-0.05, 0) is 57.9 Å². The van der Waals surface area contributed by atoms with Gasteiger partial charge in [0.05, 0.1) is 24.9 Å². The molecule has 8 nitrogen and oxygen atoms in total. The van der Waals surface area contributed by atoms with Crippen LogP contribution in [0.2, 0.25) is 0 Å². The van der Waals surface area contributed by atoms with Gasteiger partial charge in [0.2, 0.25) is 0 Å². The molecule has 0 radical (unpaired) electrons. The number of carbonyl (C=O) groups excluding carboxylic acids is 2. The Hall–Kier alpha value is -3.60. The predicted octanol–water partition coefficient (Wildman–Crippen LogP) is 3.76. The summed E-state index contributed by atoms with van der Waals surface area (Å²) in [6.45, 7) is 7.77. The van der Waals surface area contributed by atoms with Crippen molar-refractivity contribution in [2.45, 2.75) is 51.8 Å². The van der Waals surface area contributed by atoms with Crippen LogP contribution in [0.15, 0.2) is 36.5 Å². The Balaban J connectivity index is 1.76. The molecule has 8 heteroatoms. The number of nitrogens with one attached hydrogen (secondary N) is 1. The fraction of sp³-hybridized carbons (Fsp3) is 0.417. The van der Waals surface area contributed by atoms with Crippen LogP contribution in [-0.2, 0) is 4.74 Å². The van der Waals surface area contributed by atoms with Crippen LogP contribution < -0.4 is 10.1 Å². The zero-order valence-corrected chi connectivity index (χ0v) is 19.0. The van der Waals surface area contributed by atoms with Gasteiger partial charge in [-0.1, -0.05) is 12.1 Å². The second-order valence-electron chi connectivity index (χ2n) is 8.85. The Morgan fingerprint density at radius 3 is 2.69 bits per heavy atom. The largest absolute Gasteiger partial charge is 0.494 e. The summed E-state index contributed by atoms with van der Waals surface area (Å²) in [6, 6.07) is 10.6. The van der Waals surface area contributed by atoms with Gasteiger partial charge in [-0.2, -0.15) is 5.26 Å². The molecule has 2 aromatic rings. The van der Waals surface area contributed by atoms with Crippen molar-refractivity contribution >= 4 is 12.0 Å². The molecule has 1 aromatic heterocycles. The van der Waals surface area contributed by atoms with Gasteiger partial charge in [0, 0.05) is 24.2 Å². The van der Waals surface area contributed by atoms with Crippen LogP contribution in [0.25, 0.3) is 11.1 Å². The Labute approximate surface area is 188 Å². The van der Waals surface area contributed by atoms with Crippen LogP contribution in [0.3, 0.4) is 0 Å². The van der Waals surface area contributed by atoms with Crippen molar-refractivity contribution in [1.82, 2.24) is 15.2 Å². The Bertz CT molecular complexity index is 1050. The lowest BCUT2D eigenvalue weighted by Crippen LogP contribution is -2.41. The van der Waals surface area contributed by atoms with Gasteiger partial charge in [0.15, 0.2) is 0 Å². The van der Waals surface area contributed by atoms with Crippen LogP contribution in [0, 0.1) is 11.3 Å². The molecular formula is C24H28N4O4. The van der Waals surface area contributed by atoms with Gasteiger partial charge in [0.1, 0.15) is 17.0 Å². The monoisotopic (exact) mass is 436 g/mol. The van der Waals surface area contributed by atoms with E-state index in [1.807, 2.05) is 33.8 Å². The summed E-state index contributed by atoms with van der Waals surface area (Å²) in [5, 5.41) is 12.2. The van der Waals surface area contributed by atoms with E-state index >= 15 is 0 Å². The number of methoxy groups -OCH3 is 1. The molecule has 1 aliphatic heterocycles. The van der Waals surface area contributed by atoms with Crippen LogP contribution in [-0.4, -0.2) is 53.2 Å². The zero-order valence-electron chi connectivity index (χ0n) is 19.0. The Morgan fingerprint density at radius 1 is 1.28 bits per heavy atom. The average molecular weight is 437 g/mol. The van der Waals surface area contributed by atoms with Crippen molar-refractivity contribution in [1.29, 1.82) is 5.26 Å². The van der Waals surface area contributed by atoms with Crippen molar-refractivity contribution < 1.29 is 19.1 Å². The number of hydrogen-bond donors (Lipinski definition) is 1. The summed E-state index contributed by atoms with van der Waals surface area (Å²) < 4.78 is 10.9. The lowest BCUT2D eigenvalue weighted by Gasteiger charge is -2.26. The van der Waals surface area contributed by atoms with E-state index < -0.39 is 5.60 Å². The molecule has 32 heavy (non-hydrogen) atoms. The maximum absolute atomic E-state index is 12.9. The summed E-state index contributed by atoms with van der Waals surface area (Å²) >= 11 is 0. The third kappa shape index (κ3) is 5.35. The van der Waals surface area contributed by atoms with E-state index in [0.717, 1.165) is 5.56 Å². The topological polar surface area (TPSA) is 105 Å². The van der Waals surface area contributed by atoms with E-state index in [-0.39, 0.29) is 29.8 Å². The van der Waals surface area contributed by atoms with Crippen molar-refractivity contribution in [3.05, 3.63) is 47.8 Å². The fourth-order valence-corrected chi connectivity index (χ4v) is 3.68. The number of hydrogen-bond acceptors (Lipinski definition) is 6. The third-order valence-corrected chi connectivity index (χ3v) is 5.16. The summed E-state index contributed by atoms with van der Waals surface area (Å²) in [5.41, 5.74) is 1.58. The standard InChI is InChI=1S/C24H28N4O4/c1-15-9-18(14-28(15)23(30)32-24(2,3)4)27-22(29)20-11-19(21(31-5)13-26-20)17-8-6-7-16(10-17)12-25/h6-8,10-11,13,15,18H,9,14H2,1-5H3,(H,27,29)/t15-,18-/m1/s1. The minimum absolute atomic E-state index is 0.0525. The van der Waals surface area contributed by atoms with Crippen molar-refractivity contribution in [2.24, 2.45) is 0 Å². The fourth-order valence-electron chi connectivity index (χ4n) is 3.68. The van der Waals surface area contributed by atoms with Gasteiger partial charge < -0.3 is 19.7 Å². The van der Waals surface area contributed by atoms with Crippen LogP contribution in [0.4, 0.5) is 4.79 Å². The average Bonchev–Trinajstić information content (AvgIpc) is 3.12. The molecular weight excluding hydrogens is 408 g/mol. The molecule has 1 aliphatic rings. The highest BCUT2D eigenvalue weighted by Gasteiger charge is 2.36. The molecule has 0 unspecified atom stereocenters. The van der Waals surface area contributed by atoms with Crippen molar-refractivity contribution in [2.75, 3.05) is 13.7 Å². The SMILES string of the molecule is COc1cnc(C(=O)N[C@@H]2C[C@@H](C)N(C(=O)OC(C)(C)C)C2)cc1-c1cccc(C#N)c1. The summed E-state index contributed by atoms with van der Waals surface area (Å²) in [4.78, 5) is 31.2. The molecule has 0 spiro atoms. The van der Waals surface area contributed by atoms with E-state index in [1.54, 1.807) is 29.2 Å². The van der Waals surface area contributed by atoms with E-state index in [9.17, 15) is 14.9 Å². The van der Waals surface area contributed by atoms with Crippen LogP contribution in [0.1, 0.15) is 50.2 Å². The number of aromatic nitrogens is 1. The van der Waals surface area contributed by atoms with Gasteiger partial charge >= 0.3 is 6.09 Å². The number of nitrogens with zero attached hydrogens (tertiary/aromatic N) is 3. The lowest BCUT2D eigenvalue weighted by molar-refractivity contribution is 0.0235. The Morgan fingerprint density at radius 2 is 2.03 bits per heavy atom. The molecule has 0 bridgehead atoms. The highest BCUT2D eigenvalue weighted by molar-refractivity contribution is 5.94. The van der Waals surface area contributed by atoms with Crippen LogP contribution >= 0.6 is 0 Å². The number of benzene rings is 1. The third-order valence-electron chi connectivity index (χ3n) is 5.16. The Kier molecular flexibility index (Phi) is 6.68. The first kappa shape index (κ1) is 23.1. The zero-order chi connectivity index (χ0) is 23.5. The molecule has 168 valence electrons. The number of ether oxygens (including phenoxy) is 2. The minimum atomic E-state index is -0.579. The van der Waals surface area contributed by atoms with Gasteiger partial charge in [-0.25, -0.2) is 9.78 Å². The van der Waals surface area contributed by atoms with E-state index in [0.29, 0.717) is 29.8 Å². The number of pyridine rings is 1. The number of likely N-dealkylation sites (tertiary alicyclic amines) is 1. The van der Waals surface area contributed by atoms with Crippen molar-refractivity contribution in [3.8, 4) is 22.9 Å². The number of carbonyl (C=O) groups is 2. The molecule has 1 fully saturated rings.